The highest BCUT2D eigenvalue weighted by molar-refractivity contribution is 6.39. The standard InChI is InChI=1S/C12H18Cl2O4/c1-3-7(11(15)16)5-9(13)10(14)6-8(4-2)12(17)18/h7-8H,3-6H2,1-2H3,(H,15,16)(H,17,18). The summed E-state index contributed by atoms with van der Waals surface area (Å²) < 4.78 is 0. The van der Waals surface area contributed by atoms with Crippen LogP contribution in [0.2, 0.25) is 0 Å². The molecule has 0 saturated carbocycles. The summed E-state index contributed by atoms with van der Waals surface area (Å²) in [7, 11) is 0. The number of hydrogen-bond acceptors (Lipinski definition) is 2. The molecule has 0 aromatic rings. The first-order valence-electron chi connectivity index (χ1n) is 5.82. The van der Waals surface area contributed by atoms with Gasteiger partial charge in [-0.1, -0.05) is 37.0 Å². The van der Waals surface area contributed by atoms with Crippen molar-refractivity contribution >= 4 is 35.1 Å². The van der Waals surface area contributed by atoms with E-state index >= 15 is 0 Å². The predicted molar refractivity (Wildman–Crippen MR) is 70.8 cm³/mol. The van der Waals surface area contributed by atoms with Crippen LogP contribution in [0.3, 0.4) is 0 Å². The number of aliphatic carboxylic acids is 2. The third kappa shape index (κ3) is 5.74. The Balaban J connectivity index is 4.69. The molecule has 0 spiro atoms. The van der Waals surface area contributed by atoms with E-state index in [1.807, 2.05) is 0 Å². The number of hydrogen-bond donors (Lipinski definition) is 2. The van der Waals surface area contributed by atoms with Gasteiger partial charge in [-0.05, 0) is 25.7 Å². The third-order valence-corrected chi connectivity index (χ3v) is 3.69. The summed E-state index contributed by atoms with van der Waals surface area (Å²) in [6.07, 6.45) is 1.18. The van der Waals surface area contributed by atoms with E-state index < -0.39 is 23.8 Å². The van der Waals surface area contributed by atoms with Crippen molar-refractivity contribution in [3.05, 3.63) is 10.1 Å². The molecule has 0 saturated heterocycles. The van der Waals surface area contributed by atoms with Crippen LogP contribution >= 0.6 is 23.2 Å². The smallest absolute Gasteiger partial charge is 0.306 e. The summed E-state index contributed by atoms with van der Waals surface area (Å²) in [5.41, 5.74) is 0. The van der Waals surface area contributed by atoms with Crippen LogP contribution in [-0.4, -0.2) is 22.2 Å². The average Bonchev–Trinajstić information content (AvgIpc) is 2.31. The monoisotopic (exact) mass is 296 g/mol. The molecule has 18 heavy (non-hydrogen) atoms. The molecule has 2 atom stereocenters. The van der Waals surface area contributed by atoms with Gasteiger partial charge in [-0.25, -0.2) is 0 Å². The Morgan fingerprint density at radius 2 is 1.17 bits per heavy atom. The largest absolute Gasteiger partial charge is 0.481 e. The Morgan fingerprint density at radius 3 is 1.33 bits per heavy atom. The van der Waals surface area contributed by atoms with E-state index in [1.165, 1.54) is 0 Å². The summed E-state index contributed by atoms with van der Waals surface area (Å²) >= 11 is 11.9. The molecule has 4 nitrogen and oxygen atoms in total. The van der Waals surface area contributed by atoms with Crippen LogP contribution in [0.5, 0.6) is 0 Å². The first-order chi connectivity index (χ1) is 8.33. The fourth-order valence-electron chi connectivity index (χ4n) is 1.47. The van der Waals surface area contributed by atoms with Crippen molar-refractivity contribution in [3.63, 3.8) is 0 Å². The molecule has 0 rings (SSSR count). The van der Waals surface area contributed by atoms with Gasteiger partial charge in [0.15, 0.2) is 0 Å². The first-order valence-corrected chi connectivity index (χ1v) is 6.57. The van der Waals surface area contributed by atoms with E-state index in [4.69, 9.17) is 33.4 Å². The number of allylic oxidation sites excluding steroid dienone is 2. The molecule has 0 fully saturated rings. The molecule has 0 aromatic carbocycles. The van der Waals surface area contributed by atoms with Gasteiger partial charge in [0.25, 0.3) is 0 Å². The lowest BCUT2D eigenvalue weighted by molar-refractivity contribution is -0.142. The van der Waals surface area contributed by atoms with Crippen LogP contribution in [0.4, 0.5) is 0 Å². The third-order valence-electron chi connectivity index (χ3n) is 2.83. The van der Waals surface area contributed by atoms with Crippen LogP contribution in [0.15, 0.2) is 10.1 Å². The Bertz CT molecular complexity index is 307. The SMILES string of the molecule is CCC(CC(Cl)=C(Cl)CC(CC)C(=O)O)C(=O)O. The zero-order chi connectivity index (χ0) is 14.3. The van der Waals surface area contributed by atoms with Gasteiger partial charge in [-0.15, -0.1) is 0 Å². The van der Waals surface area contributed by atoms with Gasteiger partial charge in [0, 0.05) is 10.1 Å². The summed E-state index contributed by atoms with van der Waals surface area (Å²) in [4.78, 5) is 21.7. The predicted octanol–water partition coefficient (Wildman–Crippen LogP) is 3.68. The molecule has 0 heterocycles. The maximum absolute atomic E-state index is 10.9. The van der Waals surface area contributed by atoms with Gasteiger partial charge >= 0.3 is 11.9 Å². The highest BCUT2D eigenvalue weighted by atomic mass is 35.5. The second-order valence-electron chi connectivity index (χ2n) is 4.10. The lowest BCUT2D eigenvalue weighted by Crippen LogP contribution is -2.14. The fraction of sp³-hybridized carbons (Fsp3) is 0.667. The lowest BCUT2D eigenvalue weighted by Gasteiger charge is -2.13. The lowest BCUT2D eigenvalue weighted by atomic mass is 9.99. The topological polar surface area (TPSA) is 74.6 Å². The average molecular weight is 297 g/mol. The van der Waals surface area contributed by atoms with Gasteiger partial charge in [-0.2, -0.15) is 0 Å². The normalized spacial score (nSPS) is 15.8. The van der Waals surface area contributed by atoms with Crippen LogP contribution in [0.1, 0.15) is 39.5 Å². The zero-order valence-electron chi connectivity index (χ0n) is 10.4. The van der Waals surface area contributed by atoms with Gasteiger partial charge in [0.05, 0.1) is 11.8 Å². The molecular weight excluding hydrogens is 279 g/mol. The number of carbonyl (C=O) groups is 2. The van der Waals surface area contributed by atoms with Crippen molar-refractivity contribution in [2.45, 2.75) is 39.5 Å². The van der Waals surface area contributed by atoms with Crippen molar-refractivity contribution in [1.82, 2.24) is 0 Å². The molecular formula is C12H18Cl2O4. The summed E-state index contributed by atoms with van der Waals surface area (Å²) in [5.74, 6) is -3.02. The summed E-state index contributed by atoms with van der Waals surface area (Å²) in [6.45, 7) is 3.51. The van der Waals surface area contributed by atoms with Crippen molar-refractivity contribution in [2.75, 3.05) is 0 Å². The Labute approximate surface area is 117 Å². The minimum Gasteiger partial charge on any atom is -0.481 e. The van der Waals surface area contributed by atoms with Crippen molar-refractivity contribution in [3.8, 4) is 0 Å². The first kappa shape index (κ1) is 17.3. The molecule has 6 heteroatoms. The summed E-state index contributed by atoms with van der Waals surface area (Å²) in [5, 5.41) is 18.3. The second-order valence-corrected chi connectivity index (χ2v) is 5.02. The second kappa shape index (κ2) is 8.38. The van der Waals surface area contributed by atoms with Crippen molar-refractivity contribution in [2.24, 2.45) is 11.8 Å². The van der Waals surface area contributed by atoms with E-state index in [0.29, 0.717) is 12.8 Å². The molecule has 0 amide bonds. The molecule has 104 valence electrons. The molecule has 0 bridgehead atoms. The molecule has 0 aliphatic carbocycles. The zero-order valence-corrected chi connectivity index (χ0v) is 12.0. The maximum atomic E-state index is 10.9. The van der Waals surface area contributed by atoms with Gasteiger partial charge in [0.1, 0.15) is 0 Å². The quantitative estimate of drug-likeness (QED) is 0.716. The van der Waals surface area contributed by atoms with Crippen LogP contribution in [-0.2, 0) is 9.59 Å². The number of rotatable bonds is 8. The fourth-order valence-corrected chi connectivity index (χ4v) is 1.99. The number of halogens is 2. The van der Waals surface area contributed by atoms with Crippen LogP contribution < -0.4 is 0 Å². The van der Waals surface area contributed by atoms with Crippen LogP contribution in [0, 0.1) is 11.8 Å². The molecule has 2 unspecified atom stereocenters. The van der Waals surface area contributed by atoms with Gasteiger partial charge in [-0.3, -0.25) is 9.59 Å². The summed E-state index contributed by atoms with van der Waals surface area (Å²) in [6, 6.07) is 0. The molecule has 0 aliphatic heterocycles. The van der Waals surface area contributed by atoms with E-state index in [0.717, 1.165) is 0 Å². The van der Waals surface area contributed by atoms with Gasteiger partial charge < -0.3 is 10.2 Å². The molecule has 2 N–H and O–H groups in total. The van der Waals surface area contributed by atoms with Gasteiger partial charge in [0.2, 0.25) is 0 Å². The minimum absolute atomic E-state index is 0.141. The number of carboxylic acid groups (broad SMARTS) is 2. The Hall–Kier alpha value is -0.740. The highest BCUT2D eigenvalue weighted by Gasteiger charge is 2.21. The van der Waals surface area contributed by atoms with E-state index in [-0.39, 0.29) is 22.9 Å². The van der Waals surface area contributed by atoms with E-state index in [1.54, 1.807) is 13.8 Å². The van der Waals surface area contributed by atoms with Crippen molar-refractivity contribution < 1.29 is 19.8 Å². The highest BCUT2D eigenvalue weighted by Crippen LogP contribution is 2.29. The number of carboxylic acids is 2. The Morgan fingerprint density at radius 1 is 0.889 bits per heavy atom. The Kier molecular flexibility index (Phi) is 8.03. The minimum atomic E-state index is -0.926. The van der Waals surface area contributed by atoms with E-state index in [2.05, 4.69) is 0 Å². The van der Waals surface area contributed by atoms with Crippen molar-refractivity contribution in [1.29, 1.82) is 0 Å². The van der Waals surface area contributed by atoms with Crippen LogP contribution in [0.25, 0.3) is 0 Å². The maximum Gasteiger partial charge on any atom is 0.306 e. The molecule has 0 aromatic heterocycles. The van der Waals surface area contributed by atoms with E-state index in [9.17, 15) is 9.59 Å². The molecule has 0 aliphatic rings. The molecule has 0 radical (unpaired) electrons.